The zero-order chi connectivity index (χ0) is 33.7. The average molecular weight is 666 g/mol. The monoisotopic (exact) mass is 665 g/mol. The molecule has 1 nitrogen and oxygen atoms in total. The Morgan fingerprint density at radius 1 is 0.294 bits per heavy atom. The Labute approximate surface area is 300 Å². The van der Waals surface area contributed by atoms with E-state index < -0.39 is 0 Å². The summed E-state index contributed by atoms with van der Waals surface area (Å²) in [6.07, 6.45) is 0. The van der Waals surface area contributed by atoms with Crippen LogP contribution in [0.25, 0.3) is 97.6 Å². The maximum atomic E-state index is 5.41. The molecule has 8 aromatic carbocycles. The van der Waals surface area contributed by atoms with E-state index in [9.17, 15) is 0 Å². The number of aromatic nitrogens is 1. The third-order valence-electron chi connectivity index (χ3n) is 10.0. The topological polar surface area (TPSA) is 12.9 Å². The Morgan fingerprint density at radius 3 is 1.49 bits per heavy atom. The lowest BCUT2D eigenvalue weighted by atomic mass is 9.91. The highest BCUT2D eigenvalue weighted by Gasteiger charge is 2.17. The van der Waals surface area contributed by atoms with Crippen LogP contribution in [0.15, 0.2) is 188 Å². The minimum Gasteiger partial charge on any atom is -0.247 e. The van der Waals surface area contributed by atoms with Gasteiger partial charge in [-0.25, -0.2) is 4.98 Å². The van der Waals surface area contributed by atoms with Crippen LogP contribution in [0.4, 0.5) is 0 Å². The van der Waals surface area contributed by atoms with E-state index >= 15 is 0 Å². The number of nitrogens with zero attached hydrogens (tertiary/aromatic N) is 1. The van der Waals surface area contributed by atoms with Crippen molar-refractivity contribution in [2.45, 2.75) is 0 Å². The normalized spacial score (nSPS) is 11.5. The molecule has 0 amide bonds. The van der Waals surface area contributed by atoms with Crippen LogP contribution < -0.4 is 0 Å². The first-order valence-corrected chi connectivity index (χ1v) is 18.2. The van der Waals surface area contributed by atoms with Gasteiger partial charge < -0.3 is 0 Å². The van der Waals surface area contributed by atoms with Crippen LogP contribution in [0, 0.1) is 0 Å². The lowest BCUT2D eigenvalue weighted by Gasteiger charge is -2.14. The van der Waals surface area contributed by atoms with Crippen molar-refractivity contribution in [3.63, 3.8) is 0 Å². The second kappa shape index (κ2) is 12.2. The number of hydrogen-bond donors (Lipinski definition) is 0. The third-order valence-corrected chi connectivity index (χ3v) is 11.2. The molecule has 0 bridgehead atoms. The van der Waals surface area contributed by atoms with Crippen LogP contribution in [-0.4, -0.2) is 4.98 Å². The lowest BCUT2D eigenvalue weighted by molar-refractivity contribution is 1.43. The molecule has 0 aliphatic carbocycles. The summed E-state index contributed by atoms with van der Waals surface area (Å²) in [7, 11) is 0. The SMILES string of the molecule is c1ccc(-c2cc(-c3ccccc3)cc(-c3cccc(-c4ccc5c(c4)nc(-c4ccccc4)c4ccc6sc7ccccc7c6c45)c3)c2)cc1. The average Bonchev–Trinajstić information content (AvgIpc) is 3.60. The predicted octanol–water partition coefficient (Wildman–Crippen LogP) is 14.1. The van der Waals surface area contributed by atoms with Crippen molar-refractivity contribution in [1.82, 2.24) is 4.98 Å². The number of hydrogen-bond acceptors (Lipinski definition) is 2. The smallest absolute Gasteiger partial charge is 0.0788 e. The molecule has 2 heterocycles. The number of thiophene rings is 1. The second-order valence-corrected chi connectivity index (χ2v) is 14.2. The highest BCUT2D eigenvalue weighted by atomic mass is 32.1. The Bertz CT molecular complexity index is 2830. The lowest BCUT2D eigenvalue weighted by Crippen LogP contribution is -1.91. The minimum absolute atomic E-state index is 1.00. The Kier molecular flexibility index (Phi) is 7.07. The van der Waals surface area contributed by atoms with E-state index in [1.165, 1.54) is 75.3 Å². The molecule has 51 heavy (non-hydrogen) atoms. The van der Waals surface area contributed by atoms with Gasteiger partial charge in [-0.15, -0.1) is 11.3 Å². The van der Waals surface area contributed by atoms with Crippen LogP contribution in [0.1, 0.15) is 0 Å². The van der Waals surface area contributed by atoms with Crippen molar-refractivity contribution in [3.8, 4) is 55.8 Å². The van der Waals surface area contributed by atoms with Crippen LogP contribution in [0.5, 0.6) is 0 Å². The summed E-state index contributed by atoms with van der Waals surface area (Å²) in [5.74, 6) is 0. The number of pyridine rings is 1. The molecule has 238 valence electrons. The number of fused-ring (bicyclic) bond motifs is 7. The third kappa shape index (κ3) is 5.20. The fourth-order valence-electron chi connectivity index (χ4n) is 7.57. The molecule has 0 N–H and O–H groups in total. The van der Waals surface area contributed by atoms with Gasteiger partial charge in [0.05, 0.1) is 11.2 Å². The Morgan fingerprint density at radius 2 is 0.804 bits per heavy atom. The molecule has 0 radical (unpaired) electrons. The summed E-state index contributed by atoms with van der Waals surface area (Å²) in [6.45, 7) is 0. The van der Waals surface area contributed by atoms with Gasteiger partial charge in [-0.1, -0.05) is 146 Å². The van der Waals surface area contributed by atoms with E-state index in [2.05, 4.69) is 188 Å². The van der Waals surface area contributed by atoms with Crippen molar-refractivity contribution >= 4 is 53.2 Å². The standard InChI is InChI=1S/C49H31NS/c1-4-13-32(14-5-1)38-28-39(33-15-6-2-7-16-33)30-40(29-38)36-20-12-19-35(27-36)37-23-24-41-44(31-37)50-49(34-17-8-3-9-18-34)43-25-26-46-48(47(41)43)42-21-10-11-22-45(42)51-46/h1-31H. The summed E-state index contributed by atoms with van der Waals surface area (Å²) < 4.78 is 2.62. The van der Waals surface area contributed by atoms with E-state index in [-0.39, 0.29) is 0 Å². The first-order valence-electron chi connectivity index (χ1n) is 17.4. The van der Waals surface area contributed by atoms with Gasteiger partial charge in [0.25, 0.3) is 0 Å². The molecule has 2 heteroatoms. The number of rotatable bonds is 5. The van der Waals surface area contributed by atoms with Crippen LogP contribution in [0.3, 0.4) is 0 Å². The van der Waals surface area contributed by atoms with Gasteiger partial charge in [-0.2, -0.15) is 0 Å². The summed E-state index contributed by atoms with van der Waals surface area (Å²) in [6, 6.07) is 68.0. The predicted molar refractivity (Wildman–Crippen MR) is 219 cm³/mol. The molecule has 10 aromatic rings. The Balaban J connectivity index is 1.16. The highest BCUT2D eigenvalue weighted by Crippen LogP contribution is 2.44. The van der Waals surface area contributed by atoms with Crippen molar-refractivity contribution in [2.24, 2.45) is 0 Å². The highest BCUT2D eigenvalue weighted by molar-refractivity contribution is 7.26. The molecule has 0 aliphatic rings. The van der Waals surface area contributed by atoms with Gasteiger partial charge in [0.1, 0.15) is 0 Å². The molecule has 0 fully saturated rings. The van der Waals surface area contributed by atoms with Gasteiger partial charge in [0.15, 0.2) is 0 Å². The van der Waals surface area contributed by atoms with Gasteiger partial charge in [0.2, 0.25) is 0 Å². The molecule has 0 spiro atoms. The second-order valence-electron chi connectivity index (χ2n) is 13.1. The molecule has 0 saturated carbocycles. The van der Waals surface area contributed by atoms with Gasteiger partial charge in [-0.05, 0) is 87.0 Å². The first-order chi connectivity index (χ1) is 25.3. The van der Waals surface area contributed by atoms with E-state index in [0.29, 0.717) is 0 Å². The summed E-state index contributed by atoms with van der Waals surface area (Å²) in [4.78, 5) is 5.41. The van der Waals surface area contributed by atoms with Gasteiger partial charge in [-0.3, -0.25) is 0 Å². The molecule has 10 rings (SSSR count). The Hall–Kier alpha value is -6.35. The summed E-state index contributed by atoms with van der Waals surface area (Å²) in [5, 5.41) is 6.27. The van der Waals surface area contributed by atoms with Crippen LogP contribution in [-0.2, 0) is 0 Å². The first kappa shape index (κ1) is 29.6. The maximum Gasteiger partial charge on any atom is 0.0788 e. The fraction of sp³-hybridized carbons (Fsp3) is 0. The zero-order valence-corrected chi connectivity index (χ0v) is 28.6. The largest absolute Gasteiger partial charge is 0.247 e. The summed E-state index contributed by atoms with van der Waals surface area (Å²) >= 11 is 1.86. The quantitative estimate of drug-likeness (QED) is 0.167. The molecule has 2 aromatic heterocycles. The molecule has 0 aliphatic heterocycles. The molecular weight excluding hydrogens is 635 g/mol. The number of benzene rings is 8. The fourth-order valence-corrected chi connectivity index (χ4v) is 8.69. The van der Waals surface area contributed by atoms with Crippen molar-refractivity contribution in [2.75, 3.05) is 0 Å². The summed E-state index contributed by atoms with van der Waals surface area (Å²) in [5.41, 5.74) is 12.7. The maximum absolute atomic E-state index is 5.41. The molecule has 0 atom stereocenters. The van der Waals surface area contributed by atoms with Crippen molar-refractivity contribution in [3.05, 3.63) is 188 Å². The van der Waals surface area contributed by atoms with Gasteiger partial charge >= 0.3 is 0 Å². The van der Waals surface area contributed by atoms with Crippen LogP contribution >= 0.6 is 11.3 Å². The van der Waals surface area contributed by atoms with Crippen molar-refractivity contribution in [1.29, 1.82) is 0 Å². The minimum atomic E-state index is 1.00. The molecule has 0 saturated heterocycles. The van der Waals surface area contributed by atoms with E-state index in [1.807, 2.05) is 11.3 Å². The van der Waals surface area contributed by atoms with Crippen molar-refractivity contribution < 1.29 is 0 Å². The van der Waals surface area contributed by atoms with E-state index in [0.717, 1.165) is 22.3 Å². The molecular formula is C49H31NS. The molecule has 0 unspecified atom stereocenters. The van der Waals surface area contributed by atoms with Crippen LogP contribution in [0.2, 0.25) is 0 Å². The van der Waals surface area contributed by atoms with E-state index in [4.69, 9.17) is 4.98 Å². The zero-order valence-electron chi connectivity index (χ0n) is 27.8. The van der Waals surface area contributed by atoms with Gasteiger partial charge in [0, 0.05) is 41.9 Å². The van der Waals surface area contributed by atoms with E-state index in [1.54, 1.807) is 0 Å².